The van der Waals surface area contributed by atoms with Gasteiger partial charge in [0.2, 0.25) is 10.0 Å². The number of hydrogen-bond donors (Lipinski definition) is 0. The van der Waals surface area contributed by atoms with E-state index in [0.717, 1.165) is 25.7 Å². The molecule has 2 unspecified atom stereocenters. The van der Waals surface area contributed by atoms with E-state index in [1.807, 2.05) is 0 Å². The van der Waals surface area contributed by atoms with E-state index in [9.17, 15) is 30.0 Å². The predicted molar refractivity (Wildman–Crippen MR) is 104 cm³/mol. The van der Waals surface area contributed by atoms with Crippen LogP contribution in [0.25, 0.3) is 0 Å². The molecule has 5 atom stereocenters. The van der Waals surface area contributed by atoms with Crippen LogP contribution in [0.3, 0.4) is 0 Å². The topological polar surface area (TPSA) is 80.8 Å². The molecule has 0 aromatic carbocycles. The van der Waals surface area contributed by atoms with Gasteiger partial charge < -0.3 is 4.18 Å². The lowest BCUT2D eigenvalue weighted by atomic mass is 9.81. The fourth-order valence-corrected chi connectivity index (χ4v) is 10.3. The summed E-state index contributed by atoms with van der Waals surface area (Å²) in [5, 5.41) is -0.702. The summed E-state index contributed by atoms with van der Waals surface area (Å²) in [6, 6.07) is 0. The van der Waals surface area contributed by atoms with Crippen LogP contribution in [-0.4, -0.2) is 42.8 Å². The van der Waals surface area contributed by atoms with Crippen LogP contribution in [0.1, 0.15) is 46.0 Å². The van der Waals surface area contributed by atoms with Crippen molar-refractivity contribution < 1.29 is 34.2 Å². The summed E-state index contributed by atoms with van der Waals surface area (Å²) in [4.78, 5) is 0. The number of halogens is 3. The first-order valence-corrected chi connectivity index (χ1v) is 14.1. The molecule has 0 aromatic heterocycles. The van der Waals surface area contributed by atoms with Crippen molar-refractivity contribution >= 4 is 37.6 Å². The Labute approximate surface area is 167 Å². The van der Waals surface area contributed by atoms with Crippen molar-refractivity contribution in [3.8, 4) is 0 Å². The molecule has 28 heavy (non-hydrogen) atoms. The zero-order valence-corrected chi connectivity index (χ0v) is 19.1. The molecule has 2 saturated carbocycles. The van der Waals surface area contributed by atoms with Gasteiger partial charge >= 0.3 is 15.6 Å². The zero-order chi connectivity index (χ0) is 20.9. The first-order valence-electron chi connectivity index (χ1n) is 9.09. The molecule has 6 nitrogen and oxygen atoms in total. The SMILES string of the molecule is C[C@@H]([C@@H]1C=C(OS(=O)(=O)C(F)(F)F)C1)[C@@H](C)S(=O)(=O)N(PC1CC1)PC1CC1. The number of allylic oxidation sites excluding steroid dienone is 2. The Morgan fingerprint density at radius 1 is 1.07 bits per heavy atom. The van der Waals surface area contributed by atoms with E-state index in [0.29, 0.717) is 11.3 Å². The van der Waals surface area contributed by atoms with E-state index >= 15 is 0 Å². The van der Waals surface area contributed by atoms with Crippen molar-refractivity contribution in [3.05, 3.63) is 11.8 Å². The molecule has 0 N–H and O–H groups in total. The van der Waals surface area contributed by atoms with E-state index in [4.69, 9.17) is 0 Å². The van der Waals surface area contributed by atoms with E-state index in [1.54, 1.807) is 17.7 Å². The molecule has 0 bridgehead atoms. The van der Waals surface area contributed by atoms with Gasteiger partial charge in [0.1, 0.15) is 5.76 Å². The third-order valence-corrected chi connectivity index (χ3v) is 13.4. The minimum Gasteiger partial charge on any atom is -0.381 e. The van der Waals surface area contributed by atoms with Crippen molar-refractivity contribution in [2.45, 2.75) is 68.0 Å². The lowest BCUT2D eigenvalue weighted by Crippen LogP contribution is -2.38. The van der Waals surface area contributed by atoms with Gasteiger partial charge in [0.05, 0.1) is 5.25 Å². The maximum atomic E-state index is 13.1. The average molecular weight is 481 g/mol. The van der Waals surface area contributed by atoms with Crippen LogP contribution >= 0.6 is 17.5 Å². The molecule has 0 amide bonds. The summed E-state index contributed by atoms with van der Waals surface area (Å²) in [7, 11) is -8.66. The minimum absolute atomic E-state index is 0.0217. The highest BCUT2D eigenvalue weighted by Crippen LogP contribution is 2.55. The molecule has 2 fully saturated rings. The maximum Gasteiger partial charge on any atom is 0.534 e. The molecule has 3 rings (SSSR count). The fraction of sp³-hybridized carbons (Fsp3) is 0.867. The third kappa shape index (κ3) is 5.20. The van der Waals surface area contributed by atoms with E-state index in [2.05, 4.69) is 4.18 Å². The Balaban J connectivity index is 1.63. The molecule has 13 heteroatoms. The summed E-state index contributed by atoms with van der Waals surface area (Å²) in [5.74, 6) is -0.977. The number of hydrogen-bond acceptors (Lipinski definition) is 5. The highest BCUT2D eigenvalue weighted by molar-refractivity contribution is 7.98. The number of alkyl halides is 3. The molecule has 0 saturated heterocycles. The highest BCUT2D eigenvalue weighted by atomic mass is 32.2. The van der Waals surface area contributed by atoms with Gasteiger partial charge in [-0.1, -0.05) is 6.92 Å². The zero-order valence-electron chi connectivity index (χ0n) is 15.4. The summed E-state index contributed by atoms with van der Waals surface area (Å²) in [6.07, 6.45) is 5.50. The number of rotatable bonds is 10. The van der Waals surface area contributed by atoms with Crippen LogP contribution in [0.4, 0.5) is 13.2 Å². The lowest BCUT2D eigenvalue weighted by molar-refractivity contribution is -0.0528. The van der Waals surface area contributed by atoms with E-state index in [-0.39, 0.29) is 41.5 Å². The molecule has 0 radical (unpaired) electrons. The van der Waals surface area contributed by atoms with Gasteiger partial charge in [0, 0.05) is 6.42 Å². The summed E-state index contributed by atoms with van der Waals surface area (Å²) < 4.78 is 91.2. The van der Waals surface area contributed by atoms with Crippen molar-refractivity contribution in [3.63, 3.8) is 0 Å². The van der Waals surface area contributed by atoms with Gasteiger partial charge in [-0.15, -0.1) is 0 Å². The smallest absolute Gasteiger partial charge is 0.381 e. The first-order chi connectivity index (χ1) is 12.8. The minimum atomic E-state index is -5.67. The normalized spacial score (nSPS) is 26.6. The maximum absolute atomic E-state index is 13.1. The molecule has 162 valence electrons. The molecular formula is C15H24F3NO5P2S2. The van der Waals surface area contributed by atoms with Crippen LogP contribution in [0.5, 0.6) is 0 Å². The second-order valence-electron chi connectivity index (χ2n) is 7.66. The van der Waals surface area contributed by atoms with E-state index in [1.165, 1.54) is 6.08 Å². The summed E-state index contributed by atoms with van der Waals surface area (Å²) >= 11 is 0. The molecule has 3 aliphatic rings. The first kappa shape index (κ1) is 22.7. The molecule has 0 aromatic rings. The Morgan fingerprint density at radius 2 is 1.54 bits per heavy atom. The second-order valence-corrected chi connectivity index (χ2v) is 15.5. The molecular weight excluding hydrogens is 457 g/mol. The van der Waals surface area contributed by atoms with Crippen molar-refractivity contribution in [1.29, 1.82) is 0 Å². The Hall–Kier alpha value is 0.0500. The summed E-state index contributed by atoms with van der Waals surface area (Å²) in [5.41, 5.74) is -4.56. The van der Waals surface area contributed by atoms with Crippen LogP contribution in [0.2, 0.25) is 0 Å². The van der Waals surface area contributed by atoms with Crippen LogP contribution < -0.4 is 0 Å². The largest absolute Gasteiger partial charge is 0.534 e. The number of nitrogens with zero attached hydrogens (tertiary/aromatic N) is 1. The van der Waals surface area contributed by atoms with Gasteiger partial charge in [-0.25, -0.2) is 8.42 Å². The van der Waals surface area contributed by atoms with Gasteiger partial charge in [-0.05, 0) is 79.3 Å². The lowest BCUT2D eigenvalue weighted by Gasteiger charge is -2.35. The van der Waals surface area contributed by atoms with Gasteiger partial charge in [-0.2, -0.15) is 25.4 Å². The van der Waals surface area contributed by atoms with Gasteiger partial charge in [-0.3, -0.25) is 0 Å². The van der Waals surface area contributed by atoms with E-state index < -0.39 is 30.9 Å². The highest BCUT2D eigenvalue weighted by Gasteiger charge is 2.50. The molecule has 3 aliphatic carbocycles. The standard InChI is InChI=1S/C15H24F3NO5P2S2/c1-9(11-7-12(8-11)24-28(22,23)15(16,17)18)10(2)27(20,21)19(25-13-3-4-13)26-14-5-6-14/h7,9-11,13-14,25-26H,3-6,8H2,1-2H3/t9-,10-,11-/m1/s1. The Bertz CT molecular complexity index is 824. The predicted octanol–water partition coefficient (Wildman–Crippen LogP) is 3.92. The van der Waals surface area contributed by atoms with Crippen molar-refractivity contribution in [2.24, 2.45) is 11.8 Å². The quantitative estimate of drug-likeness (QED) is 0.268. The van der Waals surface area contributed by atoms with Gasteiger partial charge in [0.15, 0.2) is 0 Å². The van der Waals surface area contributed by atoms with Crippen molar-refractivity contribution in [1.82, 2.24) is 3.85 Å². The van der Waals surface area contributed by atoms with Crippen LogP contribution in [0, 0.1) is 11.8 Å². The Morgan fingerprint density at radius 3 is 1.93 bits per heavy atom. The fourth-order valence-electron chi connectivity index (χ4n) is 2.75. The molecule has 0 spiro atoms. The van der Waals surface area contributed by atoms with Crippen LogP contribution in [-0.2, 0) is 24.3 Å². The number of sulfonamides is 1. The molecule has 0 aliphatic heterocycles. The monoisotopic (exact) mass is 481 g/mol. The van der Waals surface area contributed by atoms with Crippen LogP contribution in [0.15, 0.2) is 11.8 Å². The van der Waals surface area contributed by atoms with Crippen molar-refractivity contribution in [2.75, 3.05) is 0 Å². The molecule has 0 heterocycles. The Kier molecular flexibility index (Phi) is 6.45. The average Bonchev–Trinajstić information content (AvgIpc) is 3.42. The second kappa shape index (κ2) is 7.95. The summed E-state index contributed by atoms with van der Waals surface area (Å²) in [6.45, 7) is 3.36. The van der Waals surface area contributed by atoms with Gasteiger partial charge in [0.25, 0.3) is 0 Å². The third-order valence-electron chi connectivity index (χ3n) is 5.23.